The molecule has 1 aliphatic heterocycles. The van der Waals surface area contributed by atoms with Crippen molar-refractivity contribution in [3.8, 4) is 0 Å². The normalized spacial score (nSPS) is 15.7. The summed E-state index contributed by atoms with van der Waals surface area (Å²) in [5, 5.41) is 14.2. The number of hydrogen-bond acceptors (Lipinski definition) is 9. The van der Waals surface area contributed by atoms with E-state index in [2.05, 4.69) is 15.5 Å². The Morgan fingerprint density at radius 1 is 1.21 bits per heavy atom. The maximum Gasteiger partial charge on any atom is 0.336 e. The van der Waals surface area contributed by atoms with E-state index in [1.54, 1.807) is 38.1 Å². The molecule has 10 nitrogen and oxygen atoms in total. The monoisotopic (exact) mass is 494 g/mol. The summed E-state index contributed by atoms with van der Waals surface area (Å²) in [6, 6.07) is 6.90. The topological polar surface area (TPSA) is 132 Å². The smallest absolute Gasteiger partial charge is 0.336 e. The van der Waals surface area contributed by atoms with Crippen LogP contribution in [0, 0.1) is 0 Å². The first kappa shape index (κ1) is 26.9. The van der Waals surface area contributed by atoms with Crippen LogP contribution >= 0.6 is 11.6 Å². The lowest BCUT2D eigenvalue weighted by molar-refractivity contribution is -0.187. The molecule has 1 atom stereocenters. The number of dihydropyridines is 1. The lowest BCUT2D eigenvalue weighted by Gasteiger charge is -2.31. The summed E-state index contributed by atoms with van der Waals surface area (Å²) in [5.41, 5.74) is 1.82. The highest BCUT2D eigenvalue weighted by molar-refractivity contribution is 6.31. The number of carbonyl (C=O) groups excluding carboxylic acids is 3. The maximum atomic E-state index is 13.1. The van der Waals surface area contributed by atoms with E-state index in [9.17, 15) is 14.4 Å². The van der Waals surface area contributed by atoms with E-state index in [0.29, 0.717) is 22.0 Å². The first-order valence-electron chi connectivity index (χ1n) is 10.4. The van der Waals surface area contributed by atoms with Crippen LogP contribution in [0.1, 0.15) is 25.3 Å². The number of esters is 2. The van der Waals surface area contributed by atoms with Crippen LogP contribution in [0.2, 0.25) is 5.02 Å². The molecular formula is C23H27ClN2O8. The molecule has 1 heterocycles. The van der Waals surface area contributed by atoms with Gasteiger partial charge in [-0.3, -0.25) is 4.79 Å². The molecule has 0 fully saturated rings. The van der Waals surface area contributed by atoms with Gasteiger partial charge in [-0.1, -0.05) is 29.8 Å². The molecule has 0 saturated heterocycles. The van der Waals surface area contributed by atoms with Gasteiger partial charge < -0.3 is 29.7 Å². The standard InChI is InChI=1S/C23H27ClN2O8/c1-4-33-23(29)21-17(13-32-12-10-25-18(27)9-11-34-30)26-14(2)19(22(28)31-3)20(21)15-7-5-6-8-16(15)24/h5-9,11,20,26,30H,4,10,12-13H2,1-3H3,(H,25,27)/b11-9-. The number of benzene rings is 1. The van der Waals surface area contributed by atoms with Crippen LogP contribution in [0.5, 0.6) is 0 Å². The predicted molar refractivity (Wildman–Crippen MR) is 122 cm³/mol. The van der Waals surface area contributed by atoms with Crippen molar-refractivity contribution in [2.24, 2.45) is 0 Å². The fraction of sp³-hybridized carbons (Fsp3) is 0.348. The van der Waals surface area contributed by atoms with Crippen LogP contribution in [0.4, 0.5) is 0 Å². The summed E-state index contributed by atoms with van der Waals surface area (Å²) in [7, 11) is 1.26. The van der Waals surface area contributed by atoms with Crippen molar-refractivity contribution in [2.45, 2.75) is 19.8 Å². The van der Waals surface area contributed by atoms with Gasteiger partial charge in [0.15, 0.2) is 0 Å². The SMILES string of the molecule is CCOC(=O)C1=C(COCCNC(=O)/C=C\OO)NC(C)=C(C(=O)OC)C1c1ccccc1Cl. The van der Waals surface area contributed by atoms with Crippen molar-refractivity contribution in [3.05, 3.63) is 69.7 Å². The number of allylic oxidation sites excluding steroid dienone is 1. The van der Waals surface area contributed by atoms with Crippen LogP contribution in [0.3, 0.4) is 0 Å². The molecule has 1 amide bonds. The molecule has 1 aromatic carbocycles. The Labute approximate surface area is 202 Å². The predicted octanol–water partition coefficient (Wildman–Crippen LogP) is 2.43. The molecule has 0 spiro atoms. The van der Waals surface area contributed by atoms with Crippen LogP contribution in [-0.2, 0) is 33.5 Å². The first-order chi connectivity index (χ1) is 16.3. The van der Waals surface area contributed by atoms with E-state index in [0.717, 1.165) is 12.3 Å². The Morgan fingerprint density at radius 3 is 2.59 bits per heavy atom. The molecular weight excluding hydrogens is 468 g/mol. The lowest BCUT2D eigenvalue weighted by atomic mass is 9.80. The van der Waals surface area contributed by atoms with Crippen LogP contribution in [-0.4, -0.2) is 56.6 Å². The number of amides is 1. The molecule has 0 radical (unpaired) electrons. The summed E-state index contributed by atoms with van der Waals surface area (Å²) in [5.74, 6) is -2.57. The van der Waals surface area contributed by atoms with Gasteiger partial charge in [0.2, 0.25) is 5.91 Å². The van der Waals surface area contributed by atoms with Crippen molar-refractivity contribution >= 4 is 29.4 Å². The van der Waals surface area contributed by atoms with E-state index in [-0.39, 0.29) is 37.5 Å². The minimum atomic E-state index is -0.844. The van der Waals surface area contributed by atoms with E-state index >= 15 is 0 Å². The third-order valence-electron chi connectivity index (χ3n) is 4.83. The van der Waals surface area contributed by atoms with Crippen LogP contribution in [0.25, 0.3) is 0 Å². The largest absolute Gasteiger partial charge is 0.466 e. The number of ether oxygens (including phenoxy) is 3. The molecule has 1 aliphatic rings. The zero-order valence-corrected chi connectivity index (χ0v) is 19.8. The van der Waals surface area contributed by atoms with E-state index in [4.69, 9.17) is 31.1 Å². The second-order valence-corrected chi connectivity index (χ2v) is 7.38. The number of halogens is 1. The summed E-state index contributed by atoms with van der Waals surface area (Å²) >= 11 is 6.45. The Kier molecular flexibility index (Phi) is 10.6. The second-order valence-electron chi connectivity index (χ2n) is 6.97. The number of methoxy groups -OCH3 is 1. The van der Waals surface area contributed by atoms with Gasteiger partial charge in [0.25, 0.3) is 0 Å². The molecule has 3 N–H and O–H groups in total. The molecule has 184 valence electrons. The van der Waals surface area contributed by atoms with Crippen molar-refractivity contribution in [3.63, 3.8) is 0 Å². The Hall–Kier alpha value is -3.34. The van der Waals surface area contributed by atoms with Crippen LogP contribution < -0.4 is 10.6 Å². The summed E-state index contributed by atoms with van der Waals surface area (Å²) in [6.45, 7) is 3.73. The van der Waals surface area contributed by atoms with Crippen molar-refractivity contribution in [1.82, 2.24) is 10.6 Å². The fourth-order valence-electron chi connectivity index (χ4n) is 3.43. The Morgan fingerprint density at radius 2 is 1.94 bits per heavy atom. The van der Waals surface area contributed by atoms with Gasteiger partial charge in [0.1, 0.15) is 6.26 Å². The summed E-state index contributed by atoms with van der Waals surface area (Å²) < 4.78 is 15.9. The van der Waals surface area contributed by atoms with E-state index < -0.39 is 23.8 Å². The molecule has 11 heteroatoms. The molecule has 0 bridgehead atoms. The molecule has 2 rings (SSSR count). The first-order valence-corrected chi connectivity index (χ1v) is 10.8. The van der Waals surface area contributed by atoms with Crippen molar-refractivity contribution < 1.29 is 38.7 Å². The number of rotatable bonds is 11. The van der Waals surface area contributed by atoms with Gasteiger partial charge in [-0.2, -0.15) is 0 Å². The van der Waals surface area contributed by atoms with Gasteiger partial charge in [-0.05, 0) is 25.5 Å². The highest BCUT2D eigenvalue weighted by Gasteiger charge is 2.39. The van der Waals surface area contributed by atoms with Crippen molar-refractivity contribution in [1.29, 1.82) is 0 Å². The molecule has 1 unspecified atom stereocenters. The molecule has 0 aromatic heterocycles. The average molecular weight is 495 g/mol. The van der Waals surface area contributed by atoms with E-state index in [1.165, 1.54) is 7.11 Å². The zero-order chi connectivity index (χ0) is 25.1. The van der Waals surface area contributed by atoms with Gasteiger partial charge >= 0.3 is 11.9 Å². The van der Waals surface area contributed by atoms with Crippen LogP contribution in [0.15, 0.2) is 59.1 Å². The maximum absolute atomic E-state index is 13.1. The fourth-order valence-corrected chi connectivity index (χ4v) is 3.68. The molecule has 34 heavy (non-hydrogen) atoms. The minimum Gasteiger partial charge on any atom is -0.466 e. The third-order valence-corrected chi connectivity index (χ3v) is 5.18. The van der Waals surface area contributed by atoms with Gasteiger partial charge in [0.05, 0.1) is 49.7 Å². The number of carbonyl (C=O) groups is 3. The van der Waals surface area contributed by atoms with Crippen molar-refractivity contribution in [2.75, 3.05) is 33.5 Å². The number of hydrogen-bond donors (Lipinski definition) is 3. The molecule has 1 aromatic rings. The van der Waals surface area contributed by atoms with Gasteiger partial charge in [-0.15, -0.1) is 0 Å². The van der Waals surface area contributed by atoms with Gasteiger partial charge in [-0.25, -0.2) is 14.8 Å². The molecule has 0 saturated carbocycles. The zero-order valence-electron chi connectivity index (χ0n) is 19.1. The highest BCUT2D eigenvalue weighted by atomic mass is 35.5. The molecule has 0 aliphatic carbocycles. The van der Waals surface area contributed by atoms with Gasteiger partial charge in [0, 0.05) is 23.3 Å². The van der Waals surface area contributed by atoms with E-state index in [1.807, 2.05) is 0 Å². The summed E-state index contributed by atoms with van der Waals surface area (Å²) in [4.78, 5) is 40.9. The summed E-state index contributed by atoms with van der Waals surface area (Å²) in [6.07, 6.45) is 1.82. The Bertz CT molecular complexity index is 1000. The minimum absolute atomic E-state index is 0.0354. The quantitative estimate of drug-likeness (QED) is 0.106. The number of nitrogens with one attached hydrogen (secondary N) is 2. The third kappa shape index (κ3) is 6.83. The average Bonchev–Trinajstić information content (AvgIpc) is 2.82. The Balaban J connectivity index is 2.37. The second kappa shape index (κ2) is 13.4. The highest BCUT2D eigenvalue weighted by Crippen LogP contribution is 2.41. The lowest BCUT2D eigenvalue weighted by Crippen LogP contribution is -2.35.